The highest BCUT2D eigenvalue weighted by Crippen LogP contribution is 2.52. The molecule has 4 atom stereocenters. The van der Waals surface area contributed by atoms with Crippen LogP contribution in [-0.4, -0.2) is 53.0 Å². The van der Waals surface area contributed by atoms with Crippen molar-refractivity contribution >= 4 is 19.5 Å². The number of amides is 1. The van der Waals surface area contributed by atoms with E-state index >= 15 is 0 Å². The van der Waals surface area contributed by atoms with Crippen LogP contribution < -0.4 is 16.4 Å². The lowest BCUT2D eigenvalue weighted by atomic mass is 10.0. The molecule has 0 saturated heterocycles. The topological polar surface area (TPSA) is 167 Å². The summed E-state index contributed by atoms with van der Waals surface area (Å²) in [5.41, 5.74) is 5.36. The maximum atomic E-state index is 12.5. The fourth-order valence-corrected chi connectivity index (χ4v) is 3.83. The monoisotopic (exact) mass is 364 g/mol. The minimum absolute atomic E-state index is 0.0130. The van der Waals surface area contributed by atoms with Crippen LogP contribution in [-0.2, 0) is 18.6 Å². The Balaban J connectivity index is 3.20. The van der Waals surface area contributed by atoms with Crippen LogP contribution in [0.4, 0.5) is 0 Å². The van der Waals surface area contributed by atoms with E-state index in [0.29, 0.717) is 18.6 Å². The van der Waals surface area contributed by atoms with Gasteiger partial charge in [-0.05, 0) is 19.4 Å². The summed E-state index contributed by atoms with van der Waals surface area (Å²) < 4.78 is 23.0. The largest absolute Gasteiger partial charge is 0.480 e. The van der Waals surface area contributed by atoms with Gasteiger partial charge in [0.05, 0.1) is 18.4 Å². The molecule has 1 heterocycles. The van der Waals surface area contributed by atoms with Gasteiger partial charge in [0.15, 0.2) is 5.96 Å². The Morgan fingerprint density at radius 2 is 2.21 bits per heavy atom. The number of allylic oxidation sites excluding steroid dienone is 1. The molecule has 138 valence electrons. The van der Waals surface area contributed by atoms with E-state index in [4.69, 9.17) is 25.5 Å². The molecule has 1 amide bonds. The minimum atomic E-state index is -4.22. The predicted molar refractivity (Wildman–Crippen MR) is 87.2 cm³/mol. The van der Waals surface area contributed by atoms with Gasteiger partial charge in [0.25, 0.3) is 0 Å². The summed E-state index contributed by atoms with van der Waals surface area (Å²) >= 11 is 0. The van der Waals surface area contributed by atoms with Gasteiger partial charge in [0.1, 0.15) is 6.04 Å². The highest BCUT2D eigenvalue weighted by Gasteiger charge is 2.47. The fourth-order valence-electron chi connectivity index (χ4n) is 2.38. The molecule has 0 aromatic heterocycles. The molecule has 0 saturated carbocycles. The number of ether oxygens (including phenoxy) is 1. The molecular weight excluding hydrogens is 339 g/mol. The molecule has 0 spiro atoms. The van der Waals surface area contributed by atoms with Crippen LogP contribution >= 0.6 is 7.60 Å². The number of hydrogen-bond acceptors (Lipinski definition) is 6. The third kappa shape index (κ3) is 5.79. The van der Waals surface area contributed by atoms with Gasteiger partial charge in [-0.15, -0.1) is 0 Å². The number of nitrogens with two attached hydrogens (primary N) is 1. The smallest absolute Gasteiger partial charge is 0.370 e. The van der Waals surface area contributed by atoms with E-state index in [0.717, 1.165) is 0 Å². The fraction of sp³-hybridized carbons (Fsp3) is 0.692. The second-order valence-corrected chi connectivity index (χ2v) is 7.16. The van der Waals surface area contributed by atoms with Gasteiger partial charge in [0.2, 0.25) is 11.8 Å². The Hall–Kier alpha value is -1.61. The van der Waals surface area contributed by atoms with E-state index in [9.17, 15) is 14.3 Å². The molecule has 4 unspecified atom stereocenters. The zero-order valence-electron chi connectivity index (χ0n) is 13.7. The van der Waals surface area contributed by atoms with E-state index in [2.05, 4.69) is 10.6 Å². The summed E-state index contributed by atoms with van der Waals surface area (Å²) in [5.74, 6) is -1.81. The van der Waals surface area contributed by atoms with Crippen molar-refractivity contribution in [1.82, 2.24) is 10.6 Å². The highest BCUT2D eigenvalue weighted by atomic mass is 31.2. The van der Waals surface area contributed by atoms with Gasteiger partial charge in [-0.25, -0.2) is 0 Å². The number of rotatable bonds is 8. The van der Waals surface area contributed by atoms with Crippen molar-refractivity contribution in [2.45, 2.75) is 44.6 Å². The maximum absolute atomic E-state index is 12.5. The molecule has 24 heavy (non-hydrogen) atoms. The predicted octanol–water partition coefficient (Wildman–Crippen LogP) is -0.423. The first-order valence-corrected chi connectivity index (χ1v) is 9.18. The lowest BCUT2D eigenvalue weighted by Crippen LogP contribution is -2.59. The molecule has 0 bridgehead atoms. The summed E-state index contributed by atoms with van der Waals surface area (Å²) in [6.45, 7) is 2.73. The summed E-state index contributed by atoms with van der Waals surface area (Å²) in [6.07, 6.45) is 2.28. The molecule has 0 aromatic rings. The number of hydrogen-bond donors (Lipinski definition) is 6. The molecule has 0 aromatic carbocycles. The first kappa shape index (κ1) is 20.4. The average molecular weight is 364 g/mol. The molecule has 10 nitrogen and oxygen atoms in total. The lowest BCUT2D eigenvalue weighted by Gasteiger charge is -2.39. The molecule has 1 aliphatic rings. The van der Waals surface area contributed by atoms with E-state index in [1.807, 2.05) is 0 Å². The van der Waals surface area contributed by atoms with E-state index < -0.39 is 31.4 Å². The van der Waals surface area contributed by atoms with Gasteiger partial charge in [-0.1, -0.05) is 0 Å². The van der Waals surface area contributed by atoms with Crippen LogP contribution in [0, 0.1) is 5.41 Å². The maximum Gasteiger partial charge on any atom is 0.370 e. The number of aliphatic hydroxyl groups is 1. The van der Waals surface area contributed by atoms with Crippen LogP contribution in [0.5, 0.6) is 0 Å². The summed E-state index contributed by atoms with van der Waals surface area (Å²) in [6, 6.07) is -1.70. The number of carbonyl (C=O) groups excluding carboxylic acids is 1. The second-order valence-electron chi connectivity index (χ2n) is 5.26. The van der Waals surface area contributed by atoms with Gasteiger partial charge in [-0.2, -0.15) is 0 Å². The van der Waals surface area contributed by atoms with Crippen LogP contribution in [0.1, 0.15) is 26.7 Å². The molecule has 0 fully saturated rings. The number of nitrogens with one attached hydrogen (secondary N) is 3. The normalized spacial score (nSPS) is 25.8. The Kier molecular flexibility index (Phi) is 7.68. The summed E-state index contributed by atoms with van der Waals surface area (Å²) in [4.78, 5) is 21.7. The molecule has 1 aliphatic heterocycles. The van der Waals surface area contributed by atoms with Gasteiger partial charge in [0, 0.05) is 20.0 Å². The van der Waals surface area contributed by atoms with Crippen LogP contribution in [0.15, 0.2) is 11.8 Å². The van der Waals surface area contributed by atoms with Crippen molar-refractivity contribution < 1.29 is 28.6 Å². The van der Waals surface area contributed by atoms with Crippen molar-refractivity contribution in [3.63, 3.8) is 0 Å². The Morgan fingerprint density at radius 3 is 2.71 bits per heavy atom. The summed E-state index contributed by atoms with van der Waals surface area (Å²) in [7, 11) is -4.22. The zero-order valence-corrected chi connectivity index (χ0v) is 14.6. The van der Waals surface area contributed by atoms with E-state index in [1.54, 1.807) is 13.0 Å². The average Bonchev–Trinajstić information content (AvgIpc) is 2.45. The first-order chi connectivity index (χ1) is 11.2. The molecule has 0 radical (unpaired) electrons. The van der Waals surface area contributed by atoms with Crippen molar-refractivity contribution in [3.05, 3.63) is 11.8 Å². The summed E-state index contributed by atoms with van der Waals surface area (Å²) in [5, 5.41) is 21.5. The number of guanidine groups is 1. The Labute approximate surface area is 140 Å². The molecular formula is C13H25N4O6P. The SMILES string of the molecule is CCOP(=O)(O)C1OC(CCCO)=CC(NC(=N)N)C1NC(C)=O. The van der Waals surface area contributed by atoms with Crippen LogP contribution in [0.3, 0.4) is 0 Å². The van der Waals surface area contributed by atoms with Gasteiger partial charge < -0.3 is 35.6 Å². The van der Waals surface area contributed by atoms with Gasteiger partial charge in [-0.3, -0.25) is 14.8 Å². The standard InChI is InChI=1S/C13H25N4O6P/c1-3-22-24(20,21)12-11(16-8(2)19)10(17-13(14)15)7-9(23-12)5-4-6-18/h7,10-12,18H,3-6H2,1-2H3,(H,16,19)(H,20,21)(H4,14,15,17). The van der Waals surface area contributed by atoms with E-state index in [-0.39, 0.29) is 19.2 Å². The third-order valence-electron chi connectivity index (χ3n) is 3.24. The number of carbonyl (C=O) groups is 1. The Bertz CT molecular complexity index is 541. The van der Waals surface area contributed by atoms with E-state index in [1.165, 1.54) is 6.92 Å². The lowest BCUT2D eigenvalue weighted by molar-refractivity contribution is -0.120. The first-order valence-electron chi connectivity index (χ1n) is 7.54. The van der Waals surface area contributed by atoms with Gasteiger partial charge >= 0.3 is 7.60 Å². The van der Waals surface area contributed by atoms with Crippen LogP contribution in [0.25, 0.3) is 0 Å². The molecule has 0 aliphatic carbocycles. The Morgan fingerprint density at radius 1 is 1.54 bits per heavy atom. The molecule has 7 N–H and O–H groups in total. The van der Waals surface area contributed by atoms with Crippen molar-refractivity contribution in [3.8, 4) is 0 Å². The highest BCUT2D eigenvalue weighted by molar-refractivity contribution is 7.53. The minimum Gasteiger partial charge on any atom is -0.480 e. The van der Waals surface area contributed by atoms with Crippen molar-refractivity contribution in [1.29, 1.82) is 5.41 Å². The molecule has 11 heteroatoms. The van der Waals surface area contributed by atoms with Crippen molar-refractivity contribution in [2.24, 2.45) is 5.73 Å². The zero-order chi connectivity index (χ0) is 18.3. The van der Waals surface area contributed by atoms with Crippen molar-refractivity contribution in [2.75, 3.05) is 13.2 Å². The van der Waals surface area contributed by atoms with Crippen LogP contribution in [0.2, 0.25) is 0 Å². The third-order valence-corrected chi connectivity index (χ3v) is 4.94. The number of aliphatic hydroxyl groups excluding tert-OH is 1. The quantitative estimate of drug-likeness (QED) is 0.192. The molecule has 1 rings (SSSR count). The second kappa shape index (κ2) is 9.03.